The third kappa shape index (κ3) is 15.3. The minimum atomic E-state index is -2.43. The van der Waals surface area contributed by atoms with Crippen LogP contribution in [-0.2, 0) is 52.4 Å². The van der Waals surface area contributed by atoms with Gasteiger partial charge in [0.1, 0.15) is 30.1 Å². The maximum atomic E-state index is 14.5. The molecule has 1 aliphatic carbocycles. The second-order valence-corrected chi connectivity index (χ2v) is 20.2. The monoisotopic (exact) mass is 958 g/mol. The zero-order chi connectivity index (χ0) is 50.3. The Bertz CT molecular complexity index is 1810. The second-order valence-electron chi connectivity index (χ2n) is 20.2. The minimum absolute atomic E-state index is 0.0158. The number of hydrogen-bond donors (Lipinski definition) is 3. The Morgan fingerprint density at radius 2 is 1.59 bits per heavy atom. The predicted molar refractivity (Wildman–Crippen MR) is 256 cm³/mol. The normalized spacial score (nSPS) is 37.9. The van der Waals surface area contributed by atoms with E-state index in [9.17, 15) is 39.3 Å². The van der Waals surface area contributed by atoms with Crippen LogP contribution in [0.4, 0.5) is 0 Å². The Hall–Kier alpha value is -3.41. The van der Waals surface area contributed by atoms with E-state index in [4.69, 9.17) is 28.4 Å². The van der Waals surface area contributed by atoms with Crippen LogP contribution in [0.2, 0.25) is 0 Å². The van der Waals surface area contributed by atoms with Gasteiger partial charge in [0.25, 0.3) is 11.7 Å². The van der Waals surface area contributed by atoms with Crippen LogP contribution in [0, 0.1) is 35.5 Å². The molecule has 15 heteroatoms. The number of carbonyl (C=O) groups is 5. The van der Waals surface area contributed by atoms with E-state index >= 15 is 0 Å². The molecule has 15 nitrogen and oxygen atoms in total. The summed E-state index contributed by atoms with van der Waals surface area (Å²) in [5.41, 5.74) is 1.26. The lowest BCUT2D eigenvalue weighted by Gasteiger charge is -2.42. The van der Waals surface area contributed by atoms with Crippen LogP contribution in [0.1, 0.15) is 126 Å². The van der Waals surface area contributed by atoms with Crippen LogP contribution < -0.4 is 0 Å². The number of Topliss-reactive ketones (excluding diaryl/α,β-unsaturated/α-hetero) is 3. The summed E-state index contributed by atoms with van der Waals surface area (Å²) in [5.74, 6) is -7.96. The van der Waals surface area contributed by atoms with Crippen molar-refractivity contribution < 1.29 is 67.7 Å². The molecule has 1 amide bonds. The smallest absolute Gasteiger partial charge is 0.329 e. The van der Waals surface area contributed by atoms with Gasteiger partial charge in [0.2, 0.25) is 5.79 Å². The van der Waals surface area contributed by atoms with E-state index in [-0.39, 0.29) is 74.1 Å². The maximum Gasteiger partial charge on any atom is 0.329 e. The number of ketones is 3. The number of methoxy groups -OCH3 is 3. The average molecular weight is 958 g/mol. The first-order valence-electron chi connectivity index (χ1n) is 25.0. The van der Waals surface area contributed by atoms with Crippen molar-refractivity contribution in [2.24, 2.45) is 35.5 Å². The molecule has 15 atom stereocenters. The molecule has 3 heterocycles. The highest BCUT2D eigenvalue weighted by Gasteiger charge is 2.53. The molecule has 68 heavy (non-hydrogen) atoms. The fourth-order valence-corrected chi connectivity index (χ4v) is 10.5. The lowest BCUT2D eigenvalue weighted by Crippen LogP contribution is -2.61. The van der Waals surface area contributed by atoms with Crippen LogP contribution in [0.5, 0.6) is 0 Å². The molecule has 0 aromatic rings. The summed E-state index contributed by atoms with van der Waals surface area (Å²) in [6.07, 6.45) is 12.0. The summed E-state index contributed by atoms with van der Waals surface area (Å²) in [6.45, 7) is 12.9. The van der Waals surface area contributed by atoms with E-state index in [2.05, 4.69) is 0 Å². The van der Waals surface area contributed by atoms with Gasteiger partial charge in [-0.25, -0.2) is 4.79 Å². The van der Waals surface area contributed by atoms with Crippen LogP contribution >= 0.6 is 0 Å². The zero-order valence-electron chi connectivity index (χ0n) is 42.4. The molecule has 2 bridgehead atoms. The molecule has 3 aliphatic heterocycles. The van der Waals surface area contributed by atoms with Crippen molar-refractivity contribution in [1.29, 1.82) is 0 Å². The fraction of sp³-hybridized carbons (Fsp3) is 0.755. The van der Waals surface area contributed by atoms with Gasteiger partial charge < -0.3 is 48.6 Å². The Morgan fingerprint density at radius 3 is 2.26 bits per heavy atom. The summed E-state index contributed by atoms with van der Waals surface area (Å²) in [7, 11) is 4.58. The Kier molecular flexibility index (Phi) is 22.9. The largest absolute Gasteiger partial charge is 0.460 e. The Balaban J connectivity index is 1.70. The number of hydrogen-bond acceptors (Lipinski definition) is 14. The van der Waals surface area contributed by atoms with Gasteiger partial charge >= 0.3 is 5.97 Å². The molecule has 3 fully saturated rings. The van der Waals surface area contributed by atoms with Crippen molar-refractivity contribution in [2.45, 2.75) is 180 Å². The zero-order valence-corrected chi connectivity index (χ0v) is 42.4. The van der Waals surface area contributed by atoms with E-state index in [1.165, 1.54) is 12.0 Å². The van der Waals surface area contributed by atoms with Crippen molar-refractivity contribution in [2.75, 3.05) is 41.1 Å². The molecule has 4 aliphatic rings. The first kappa shape index (κ1) is 57.2. The van der Waals surface area contributed by atoms with Gasteiger partial charge in [0.05, 0.1) is 37.6 Å². The molecule has 0 spiro atoms. The van der Waals surface area contributed by atoms with E-state index in [1.807, 2.05) is 58.1 Å². The number of nitrogens with zero attached hydrogens (tertiary/aromatic N) is 1. The highest BCUT2D eigenvalue weighted by atomic mass is 16.6. The van der Waals surface area contributed by atoms with Crippen LogP contribution in [0.15, 0.2) is 47.6 Å². The van der Waals surface area contributed by atoms with E-state index < -0.39 is 77.8 Å². The van der Waals surface area contributed by atoms with Gasteiger partial charge in [-0.2, -0.15) is 0 Å². The van der Waals surface area contributed by atoms with Crippen molar-refractivity contribution in [3.63, 3.8) is 0 Å². The van der Waals surface area contributed by atoms with Crippen molar-refractivity contribution >= 4 is 29.2 Å². The third-order valence-corrected chi connectivity index (χ3v) is 14.9. The lowest BCUT2D eigenvalue weighted by molar-refractivity contribution is -0.265. The van der Waals surface area contributed by atoms with Crippen molar-refractivity contribution in [3.05, 3.63) is 47.6 Å². The molecule has 4 rings (SSSR count). The molecule has 0 aromatic carbocycles. The fourth-order valence-electron chi connectivity index (χ4n) is 10.5. The first-order valence-corrected chi connectivity index (χ1v) is 25.0. The van der Waals surface area contributed by atoms with E-state index in [1.54, 1.807) is 41.1 Å². The van der Waals surface area contributed by atoms with Gasteiger partial charge in [-0.3, -0.25) is 19.2 Å². The average Bonchev–Trinajstić information content (AvgIpc) is 3.32. The minimum Gasteiger partial charge on any atom is -0.460 e. The highest BCUT2D eigenvalue weighted by molar-refractivity contribution is 6.39. The SMILES string of the molecule is CO[C@H]1C[C@@H]2CC[C@@H](C)[C@@](O)(O2)C(=O)C(=O)N2CCCC[C@H]2C(=O)O[C@H]([C@@H](C)C[C@@H]2CC[C@@H](OCCO)[C@H](OC)C2)CC(=O)[C@H](C)/C=C(\C)[C@H](O)[C@@H](OC)C(=O)[C@H](C)C[C@H](C)/C=C/C=CC=C1C. The number of piperidine rings is 1. The number of amides is 1. The number of aliphatic hydroxyl groups is 3. The number of fused-ring (bicyclic) bond motifs is 3. The van der Waals surface area contributed by atoms with Gasteiger partial charge in [0.15, 0.2) is 5.78 Å². The van der Waals surface area contributed by atoms with Crippen LogP contribution in [0.25, 0.3) is 0 Å². The van der Waals surface area contributed by atoms with E-state index in [0.717, 1.165) is 12.0 Å². The predicted octanol–water partition coefficient (Wildman–Crippen LogP) is 6.20. The van der Waals surface area contributed by atoms with Gasteiger partial charge in [-0.1, -0.05) is 71.1 Å². The standard InChI is InChI=1S/C53H83NO14/c1-32-16-12-11-13-17-33(2)44(63-8)30-40-21-19-38(7)53(62,68-40)50(59)51(60)54-23-15-14-18-41(54)52(61)67-45(35(4)28-39-20-22-43(66-25-24-55)46(29-39)64-9)31-42(56)34(3)27-37(6)48(58)49(65-10)47(57)36(5)26-32/h11-13,16-17,27,32,34-36,38-41,43-46,48-49,55,58,62H,14-15,18-26,28-31H2,1-10H3/b13-11?,16-12+,33-17?,37-27+/t32-,34-,35+,36-,38-,39+,40+,41+,43-,44+,45+,46-,48+,49+,53-/m1/s1. The third-order valence-electron chi connectivity index (χ3n) is 14.9. The lowest BCUT2D eigenvalue weighted by atomic mass is 9.78. The molecule has 2 saturated heterocycles. The number of esters is 1. The quantitative estimate of drug-likeness (QED) is 0.134. The first-order chi connectivity index (χ1) is 32.3. The maximum absolute atomic E-state index is 14.5. The molecule has 0 radical (unpaired) electrons. The van der Waals surface area contributed by atoms with E-state index in [0.29, 0.717) is 63.4 Å². The summed E-state index contributed by atoms with van der Waals surface area (Å²) < 4.78 is 35.6. The number of rotatable bonds is 9. The molecule has 0 aromatic heterocycles. The number of cyclic esters (lactones) is 1. The summed E-state index contributed by atoms with van der Waals surface area (Å²) >= 11 is 0. The molecular formula is C53H83NO14. The Morgan fingerprint density at radius 1 is 0.853 bits per heavy atom. The molecule has 384 valence electrons. The van der Waals surface area contributed by atoms with Crippen LogP contribution in [0.3, 0.4) is 0 Å². The summed E-state index contributed by atoms with van der Waals surface area (Å²) in [4.78, 5) is 72.1. The van der Waals surface area contributed by atoms with Crippen molar-refractivity contribution in [3.8, 4) is 0 Å². The number of aliphatic hydroxyl groups excluding tert-OH is 2. The second kappa shape index (κ2) is 27.3. The number of allylic oxidation sites excluding steroid dienone is 6. The topological polar surface area (TPSA) is 205 Å². The molecule has 3 N–H and O–H groups in total. The van der Waals surface area contributed by atoms with Gasteiger partial charge in [0, 0.05) is 58.5 Å². The Labute approximate surface area is 405 Å². The summed E-state index contributed by atoms with van der Waals surface area (Å²) in [5, 5.41) is 32.8. The van der Waals surface area contributed by atoms with Crippen LogP contribution in [-0.4, -0.2) is 145 Å². The molecule has 1 saturated carbocycles. The summed E-state index contributed by atoms with van der Waals surface area (Å²) in [6, 6.07) is -1.14. The van der Waals surface area contributed by atoms with Crippen molar-refractivity contribution in [1.82, 2.24) is 4.90 Å². The van der Waals surface area contributed by atoms with Gasteiger partial charge in [-0.05, 0) is 107 Å². The molecule has 0 unspecified atom stereocenters. The molecular weight excluding hydrogens is 875 g/mol. The highest BCUT2D eigenvalue weighted by Crippen LogP contribution is 2.38. The van der Waals surface area contributed by atoms with Gasteiger partial charge in [-0.15, -0.1) is 0 Å². The number of ether oxygens (including phenoxy) is 6. The number of carbonyl (C=O) groups excluding carboxylic acids is 5.